The Labute approximate surface area is 556 Å². The highest BCUT2D eigenvalue weighted by Gasteiger charge is 2.25. The van der Waals surface area contributed by atoms with E-state index in [-0.39, 0.29) is 38.6 Å². The van der Waals surface area contributed by atoms with E-state index in [0.29, 0.717) is 17.4 Å². The van der Waals surface area contributed by atoms with E-state index < -0.39 is 24.3 Å². The lowest BCUT2D eigenvalue weighted by Gasteiger charge is -2.25. The van der Waals surface area contributed by atoms with Crippen molar-refractivity contribution in [3.63, 3.8) is 0 Å². The van der Waals surface area contributed by atoms with Crippen LogP contribution < -0.4 is 0 Å². The molecule has 506 valence electrons. The average molecular weight is 1250 g/mol. The van der Waals surface area contributed by atoms with Crippen LogP contribution in [0.3, 0.4) is 0 Å². The highest BCUT2D eigenvalue weighted by molar-refractivity contribution is 5.71. The molecule has 1 N–H and O–H groups in total. The normalized spacial score (nSPS) is 14.1. The largest absolute Gasteiger partial charge is 0.477 e. The molecule has 0 aliphatic heterocycles. The number of carboxylic acid groups (broad SMARTS) is 1. The van der Waals surface area contributed by atoms with Crippen LogP contribution in [0.2, 0.25) is 0 Å². The predicted molar refractivity (Wildman–Crippen MR) is 391 cm³/mol. The van der Waals surface area contributed by atoms with Crippen molar-refractivity contribution in [3.05, 3.63) is 219 Å². The fourth-order valence-corrected chi connectivity index (χ4v) is 8.47. The molecule has 0 aromatic carbocycles. The van der Waals surface area contributed by atoms with E-state index in [2.05, 4.69) is 233 Å². The molecule has 0 heterocycles. The number of likely N-dealkylation sites (N-methyl/N-ethyl adjacent to an activating group) is 1. The van der Waals surface area contributed by atoms with Gasteiger partial charge in [-0.05, 0) is 154 Å². The average Bonchev–Trinajstić information content (AvgIpc) is 3.46. The minimum absolute atomic E-state index is 0.164. The van der Waals surface area contributed by atoms with Crippen LogP contribution in [-0.4, -0.2) is 87.4 Å². The van der Waals surface area contributed by atoms with Crippen LogP contribution in [0.4, 0.5) is 0 Å². The number of carboxylic acids is 1. The molecule has 0 aliphatic rings. The number of ether oxygens (including phenoxy) is 4. The van der Waals surface area contributed by atoms with Gasteiger partial charge in [0.15, 0.2) is 6.10 Å². The van der Waals surface area contributed by atoms with Crippen LogP contribution in [0.5, 0.6) is 0 Å². The first-order valence-corrected chi connectivity index (χ1v) is 34.9. The number of hydrogen-bond donors (Lipinski definition) is 1. The number of quaternary nitrogens is 1. The standard InChI is InChI=1S/C82H125NO8/c1-6-8-10-12-14-16-18-20-22-24-26-28-30-32-34-36-38-40-42-44-46-48-50-52-54-56-58-60-62-64-66-68-70-72-79(84)89-76-78(77-90-82(81(86)87)88-75-74-83(3,4)5)91-80(85)73-71-69-67-65-63-61-59-57-55-53-51-49-47-45-43-41-39-37-35-33-31-29-27-25-23-21-19-17-15-13-11-9-7-2/h8-11,14-17,20-23,26-29,32-35,38-41,44-47,50-53,57,59,63,65,78,82H,6-7,12-13,18-19,24-25,30-31,36-37,42-43,48-49,54-56,58,60-62,64,66-77H2,1-5H3/p+1/b10-8-,11-9-,16-14-,17-15-,22-20-,23-21-,28-26-,29-27-,34-32-,35-33-,40-38-,41-39-,46-44-,47-45-,52-50-,53-51-,59-57-,65-63-. The Morgan fingerprint density at radius 3 is 0.901 bits per heavy atom. The minimum Gasteiger partial charge on any atom is -0.477 e. The van der Waals surface area contributed by atoms with Gasteiger partial charge in [0.2, 0.25) is 0 Å². The van der Waals surface area contributed by atoms with Crippen LogP contribution in [0, 0.1) is 0 Å². The molecule has 2 unspecified atom stereocenters. The fraction of sp³-hybridized carbons (Fsp3) is 0.524. The maximum absolute atomic E-state index is 12.9. The second-order valence-electron chi connectivity index (χ2n) is 23.4. The summed E-state index contributed by atoms with van der Waals surface area (Å²) in [5, 5.41) is 9.75. The number of aliphatic carboxylic acids is 1. The van der Waals surface area contributed by atoms with Gasteiger partial charge in [-0.2, -0.15) is 0 Å². The topological polar surface area (TPSA) is 108 Å². The molecule has 91 heavy (non-hydrogen) atoms. The van der Waals surface area contributed by atoms with Crippen molar-refractivity contribution in [1.82, 2.24) is 0 Å². The predicted octanol–water partition coefficient (Wildman–Crippen LogP) is 22.1. The number of carbonyl (C=O) groups excluding carboxylic acids is 2. The highest BCUT2D eigenvalue weighted by atomic mass is 16.7. The van der Waals surface area contributed by atoms with Crippen LogP contribution in [0.1, 0.15) is 219 Å². The van der Waals surface area contributed by atoms with Crippen molar-refractivity contribution < 1.29 is 42.9 Å². The summed E-state index contributed by atoms with van der Waals surface area (Å²) in [5.41, 5.74) is 0. The van der Waals surface area contributed by atoms with Gasteiger partial charge in [-0.15, -0.1) is 0 Å². The smallest absolute Gasteiger partial charge is 0.361 e. The van der Waals surface area contributed by atoms with E-state index in [1.54, 1.807) is 0 Å². The molecule has 0 saturated heterocycles. The molecule has 0 rings (SSSR count). The Morgan fingerprint density at radius 2 is 0.593 bits per heavy atom. The molecule has 0 fully saturated rings. The number of nitrogens with zero attached hydrogens (tertiary/aromatic N) is 1. The number of esters is 2. The summed E-state index contributed by atoms with van der Waals surface area (Å²) in [6, 6.07) is 0. The SMILES string of the molecule is CC/C=C\C/C=C\C/C=C\C/C=C\C/C=C\C/C=C\C/C=C\C/C=C\C/C=C\C/C=C\CCCCC(=O)OC(COC(=O)CCCCCCCCCC/C=C\C/C=C\C/C=C\C/C=C\C/C=C\C/C=C\C/C=C\C/C=C\CC)COC(OCC[N+](C)(C)C)C(=O)O. The second kappa shape index (κ2) is 69.5. The summed E-state index contributed by atoms with van der Waals surface area (Å²) in [5.74, 6) is -2.11. The van der Waals surface area contributed by atoms with E-state index in [4.69, 9.17) is 18.9 Å². The van der Waals surface area contributed by atoms with Crippen molar-refractivity contribution >= 4 is 17.9 Å². The van der Waals surface area contributed by atoms with E-state index in [1.165, 1.54) is 25.7 Å². The summed E-state index contributed by atoms with van der Waals surface area (Å²) in [6.45, 7) is 4.55. The third-order valence-electron chi connectivity index (χ3n) is 13.7. The van der Waals surface area contributed by atoms with Gasteiger partial charge >= 0.3 is 17.9 Å². The molecule has 0 aromatic rings. The molecule has 0 aliphatic carbocycles. The Morgan fingerprint density at radius 1 is 0.330 bits per heavy atom. The molecular formula is C82H126NO8+. The van der Waals surface area contributed by atoms with Crippen molar-refractivity contribution in [2.24, 2.45) is 0 Å². The first-order valence-electron chi connectivity index (χ1n) is 34.9. The second-order valence-corrected chi connectivity index (χ2v) is 23.4. The van der Waals surface area contributed by atoms with E-state index >= 15 is 0 Å². The zero-order valence-corrected chi connectivity index (χ0v) is 57.6. The lowest BCUT2D eigenvalue weighted by Crippen LogP contribution is -2.40. The van der Waals surface area contributed by atoms with Gasteiger partial charge in [0, 0.05) is 12.8 Å². The van der Waals surface area contributed by atoms with Gasteiger partial charge in [-0.1, -0.05) is 271 Å². The Kier molecular flexibility index (Phi) is 64.6. The number of hydrogen-bond acceptors (Lipinski definition) is 7. The van der Waals surface area contributed by atoms with Crippen LogP contribution in [0.15, 0.2) is 219 Å². The summed E-state index contributed by atoms with van der Waals surface area (Å²) in [6.07, 6.45) is 108. The van der Waals surface area contributed by atoms with Gasteiger partial charge in [0.25, 0.3) is 6.29 Å². The number of rotatable bonds is 61. The third kappa shape index (κ3) is 70.9. The lowest BCUT2D eigenvalue weighted by atomic mass is 10.1. The van der Waals surface area contributed by atoms with Gasteiger partial charge in [-0.3, -0.25) is 9.59 Å². The molecule has 2 atom stereocenters. The van der Waals surface area contributed by atoms with E-state index in [0.717, 1.165) is 161 Å². The maximum atomic E-state index is 12.9. The molecule has 0 spiro atoms. The molecular weight excluding hydrogens is 1130 g/mol. The van der Waals surface area contributed by atoms with Crippen molar-refractivity contribution in [2.75, 3.05) is 47.5 Å². The Hall–Kier alpha value is -6.39. The van der Waals surface area contributed by atoms with Crippen molar-refractivity contribution in [3.8, 4) is 0 Å². The van der Waals surface area contributed by atoms with Crippen LogP contribution >= 0.6 is 0 Å². The monoisotopic (exact) mass is 1250 g/mol. The zero-order valence-electron chi connectivity index (χ0n) is 57.6. The Bertz CT molecular complexity index is 2300. The summed E-state index contributed by atoms with van der Waals surface area (Å²) < 4.78 is 22.9. The summed E-state index contributed by atoms with van der Waals surface area (Å²) in [7, 11) is 5.94. The van der Waals surface area contributed by atoms with Gasteiger partial charge in [0.05, 0.1) is 34.4 Å². The quantitative estimate of drug-likeness (QED) is 0.0211. The van der Waals surface area contributed by atoms with E-state index in [1.807, 2.05) is 21.1 Å². The highest BCUT2D eigenvalue weighted by Crippen LogP contribution is 2.13. The van der Waals surface area contributed by atoms with Crippen molar-refractivity contribution in [1.29, 1.82) is 0 Å². The van der Waals surface area contributed by atoms with Crippen LogP contribution in [0.25, 0.3) is 0 Å². The molecule has 9 nitrogen and oxygen atoms in total. The van der Waals surface area contributed by atoms with Crippen LogP contribution in [-0.2, 0) is 33.3 Å². The molecule has 0 aromatic heterocycles. The lowest BCUT2D eigenvalue weighted by molar-refractivity contribution is -0.870. The first-order chi connectivity index (χ1) is 44.6. The molecule has 0 saturated carbocycles. The maximum Gasteiger partial charge on any atom is 0.361 e. The molecule has 0 bridgehead atoms. The summed E-state index contributed by atoms with van der Waals surface area (Å²) in [4.78, 5) is 37.6. The van der Waals surface area contributed by atoms with Gasteiger partial charge < -0.3 is 28.5 Å². The number of carbonyl (C=O) groups is 3. The molecule has 9 heteroatoms. The third-order valence-corrected chi connectivity index (χ3v) is 13.7. The van der Waals surface area contributed by atoms with Gasteiger partial charge in [0.1, 0.15) is 13.2 Å². The molecule has 0 amide bonds. The number of allylic oxidation sites excluding steroid dienone is 36. The zero-order chi connectivity index (χ0) is 66.1. The minimum atomic E-state index is -1.54. The number of unbranched alkanes of at least 4 members (excludes halogenated alkanes) is 10. The molecule has 0 radical (unpaired) electrons. The van der Waals surface area contributed by atoms with Crippen molar-refractivity contribution in [2.45, 2.75) is 232 Å². The Balaban J connectivity index is 4.33. The summed E-state index contributed by atoms with van der Waals surface area (Å²) >= 11 is 0. The first kappa shape index (κ1) is 84.6. The van der Waals surface area contributed by atoms with E-state index in [9.17, 15) is 19.5 Å². The van der Waals surface area contributed by atoms with Gasteiger partial charge in [-0.25, -0.2) is 4.79 Å². The fourth-order valence-electron chi connectivity index (χ4n) is 8.47.